The van der Waals surface area contributed by atoms with Crippen LogP contribution in [0.3, 0.4) is 0 Å². The second-order valence-corrected chi connectivity index (χ2v) is 7.13. The molecular formula is C15H13Br3. The molecule has 0 aliphatic carbocycles. The fourth-order valence-corrected chi connectivity index (χ4v) is 3.42. The van der Waals surface area contributed by atoms with Gasteiger partial charge in [-0.2, -0.15) is 0 Å². The van der Waals surface area contributed by atoms with Crippen LogP contribution in [0.5, 0.6) is 0 Å². The average Bonchev–Trinajstić information content (AvgIpc) is 2.35. The SMILES string of the molecule is Cc1c(Br)cccc1C(Br)Cc1ccc(Br)cc1. The molecule has 94 valence electrons. The van der Waals surface area contributed by atoms with Crippen molar-refractivity contribution in [2.24, 2.45) is 0 Å². The molecule has 2 rings (SSSR count). The van der Waals surface area contributed by atoms with E-state index in [1.807, 2.05) is 0 Å². The number of halogens is 3. The lowest BCUT2D eigenvalue weighted by atomic mass is 10.0. The van der Waals surface area contributed by atoms with Crippen molar-refractivity contribution in [2.75, 3.05) is 0 Å². The Bertz CT molecular complexity index is 532. The predicted octanol–water partition coefficient (Wildman–Crippen LogP) is 6.20. The summed E-state index contributed by atoms with van der Waals surface area (Å²) in [7, 11) is 0. The van der Waals surface area contributed by atoms with Crippen molar-refractivity contribution in [1.82, 2.24) is 0 Å². The largest absolute Gasteiger partial charge is 0.0835 e. The van der Waals surface area contributed by atoms with Crippen molar-refractivity contribution in [3.8, 4) is 0 Å². The van der Waals surface area contributed by atoms with Gasteiger partial charge in [0.15, 0.2) is 0 Å². The number of hydrogen-bond donors (Lipinski definition) is 0. The van der Waals surface area contributed by atoms with Gasteiger partial charge in [0.05, 0.1) is 0 Å². The van der Waals surface area contributed by atoms with Crippen molar-refractivity contribution in [3.05, 3.63) is 68.1 Å². The molecule has 3 heteroatoms. The molecule has 1 atom stereocenters. The number of alkyl halides is 1. The Balaban J connectivity index is 2.19. The van der Waals surface area contributed by atoms with E-state index in [4.69, 9.17) is 0 Å². The highest BCUT2D eigenvalue weighted by Gasteiger charge is 2.12. The van der Waals surface area contributed by atoms with Crippen LogP contribution >= 0.6 is 47.8 Å². The van der Waals surface area contributed by atoms with Gasteiger partial charge >= 0.3 is 0 Å². The van der Waals surface area contributed by atoms with Gasteiger partial charge in [-0.3, -0.25) is 0 Å². The van der Waals surface area contributed by atoms with Crippen LogP contribution in [0.25, 0.3) is 0 Å². The summed E-state index contributed by atoms with van der Waals surface area (Å²) >= 11 is 10.8. The number of hydrogen-bond acceptors (Lipinski definition) is 0. The molecule has 1 unspecified atom stereocenters. The molecule has 0 aliphatic heterocycles. The Morgan fingerprint density at radius 3 is 2.33 bits per heavy atom. The predicted molar refractivity (Wildman–Crippen MR) is 88.4 cm³/mol. The summed E-state index contributed by atoms with van der Waals surface area (Å²) in [5.74, 6) is 0. The van der Waals surface area contributed by atoms with Gasteiger partial charge in [-0.1, -0.05) is 72.1 Å². The average molecular weight is 433 g/mol. The highest BCUT2D eigenvalue weighted by molar-refractivity contribution is 9.11. The zero-order valence-corrected chi connectivity index (χ0v) is 14.7. The minimum absolute atomic E-state index is 0.344. The minimum atomic E-state index is 0.344. The van der Waals surface area contributed by atoms with E-state index in [0.29, 0.717) is 4.83 Å². The fraction of sp³-hybridized carbons (Fsp3) is 0.200. The maximum atomic E-state index is 3.79. The molecular weight excluding hydrogens is 420 g/mol. The molecule has 0 aliphatic rings. The third kappa shape index (κ3) is 3.46. The number of benzene rings is 2. The minimum Gasteiger partial charge on any atom is -0.0835 e. The van der Waals surface area contributed by atoms with Crippen molar-refractivity contribution in [1.29, 1.82) is 0 Å². The van der Waals surface area contributed by atoms with Gasteiger partial charge < -0.3 is 0 Å². The molecule has 0 heterocycles. The van der Waals surface area contributed by atoms with Crippen LogP contribution in [0.1, 0.15) is 21.5 Å². The Morgan fingerprint density at radius 2 is 1.67 bits per heavy atom. The third-order valence-corrected chi connectivity index (χ3v) is 5.18. The van der Waals surface area contributed by atoms with Gasteiger partial charge in [-0.05, 0) is 48.2 Å². The van der Waals surface area contributed by atoms with E-state index in [2.05, 4.69) is 97.2 Å². The monoisotopic (exact) mass is 430 g/mol. The van der Waals surface area contributed by atoms with Crippen molar-refractivity contribution < 1.29 is 0 Å². The molecule has 0 spiro atoms. The van der Waals surface area contributed by atoms with Crippen LogP contribution in [0, 0.1) is 6.92 Å². The van der Waals surface area contributed by atoms with Crippen molar-refractivity contribution in [3.63, 3.8) is 0 Å². The molecule has 0 saturated heterocycles. The Kier molecular flexibility index (Phi) is 5.05. The Morgan fingerprint density at radius 1 is 1.00 bits per heavy atom. The van der Waals surface area contributed by atoms with Gasteiger partial charge in [0.1, 0.15) is 0 Å². The molecule has 0 nitrogen and oxygen atoms in total. The molecule has 0 N–H and O–H groups in total. The lowest BCUT2D eigenvalue weighted by Gasteiger charge is -2.14. The Labute approximate surface area is 133 Å². The first-order valence-electron chi connectivity index (χ1n) is 5.71. The van der Waals surface area contributed by atoms with E-state index < -0.39 is 0 Å². The maximum Gasteiger partial charge on any atom is 0.0438 e. The lowest BCUT2D eigenvalue weighted by molar-refractivity contribution is 0.936. The standard InChI is InChI=1S/C15H13Br3/c1-10-13(3-2-4-14(10)17)15(18)9-11-5-7-12(16)8-6-11/h2-8,15H,9H2,1H3. The van der Waals surface area contributed by atoms with E-state index in [-0.39, 0.29) is 0 Å². The Hall–Kier alpha value is -0.120. The maximum absolute atomic E-state index is 3.79. The topological polar surface area (TPSA) is 0 Å². The van der Waals surface area contributed by atoms with Crippen LogP contribution in [0.15, 0.2) is 51.4 Å². The summed E-state index contributed by atoms with van der Waals surface area (Å²) in [5.41, 5.74) is 3.98. The lowest BCUT2D eigenvalue weighted by Crippen LogP contribution is -1.98. The third-order valence-electron chi connectivity index (χ3n) is 2.98. The summed E-state index contributed by atoms with van der Waals surface area (Å²) in [5, 5.41) is 0. The smallest absolute Gasteiger partial charge is 0.0438 e. The highest BCUT2D eigenvalue weighted by Crippen LogP contribution is 2.32. The summed E-state index contributed by atoms with van der Waals surface area (Å²) in [4.78, 5) is 0.344. The molecule has 0 bridgehead atoms. The summed E-state index contributed by atoms with van der Waals surface area (Å²) in [6.45, 7) is 2.15. The van der Waals surface area contributed by atoms with Crippen molar-refractivity contribution >= 4 is 47.8 Å². The van der Waals surface area contributed by atoms with Gasteiger partial charge in [0.25, 0.3) is 0 Å². The zero-order valence-electron chi connectivity index (χ0n) is 9.96. The van der Waals surface area contributed by atoms with Gasteiger partial charge in [-0.15, -0.1) is 0 Å². The first kappa shape index (κ1) is 14.3. The molecule has 0 fully saturated rings. The first-order chi connectivity index (χ1) is 8.58. The van der Waals surface area contributed by atoms with E-state index in [0.717, 1.165) is 10.9 Å². The van der Waals surface area contributed by atoms with Crippen LogP contribution in [-0.2, 0) is 6.42 Å². The van der Waals surface area contributed by atoms with Crippen LogP contribution in [0.2, 0.25) is 0 Å². The highest BCUT2D eigenvalue weighted by atomic mass is 79.9. The fourth-order valence-electron chi connectivity index (χ4n) is 1.90. The summed E-state index contributed by atoms with van der Waals surface area (Å²) < 4.78 is 2.29. The van der Waals surface area contributed by atoms with Crippen LogP contribution in [0.4, 0.5) is 0 Å². The second kappa shape index (κ2) is 6.36. The first-order valence-corrected chi connectivity index (χ1v) is 8.21. The van der Waals surface area contributed by atoms with E-state index >= 15 is 0 Å². The quantitative estimate of drug-likeness (QED) is 0.506. The molecule has 2 aromatic rings. The molecule has 0 saturated carbocycles. The second-order valence-electron chi connectivity index (χ2n) is 4.25. The van der Waals surface area contributed by atoms with Crippen LogP contribution < -0.4 is 0 Å². The zero-order chi connectivity index (χ0) is 13.1. The van der Waals surface area contributed by atoms with E-state index in [1.54, 1.807) is 0 Å². The molecule has 2 aromatic carbocycles. The van der Waals surface area contributed by atoms with E-state index in [1.165, 1.54) is 21.2 Å². The molecule has 0 aromatic heterocycles. The summed E-state index contributed by atoms with van der Waals surface area (Å²) in [6.07, 6.45) is 0.991. The van der Waals surface area contributed by atoms with Gasteiger partial charge in [-0.25, -0.2) is 0 Å². The molecule has 0 radical (unpaired) electrons. The normalized spacial score (nSPS) is 12.4. The van der Waals surface area contributed by atoms with Gasteiger partial charge in [0, 0.05) is 13.8 Å². The van der Waals surface area contributed by atoms with Crippen molar-refractivity contribution in [2.45, 2.75) is 18.2 Å². The van der Waals surface area contributed by atoms with Gasteiger partial charge in [0.2, 0.25) is 0 Å². The number of rotatable bonds is 3. The van der Waals surface area contributed by atoms with Crippen LogP contribution in [-0.4, -0.2) is 0 Å². The summed E-state index contributed by atoms with van der Waals surface area (Å²) in [6, 6.07) is 14.8. The molecule has 0 amide bonds. The van der Waals surface area contributed by atoms with E-state index in [9.17, 15) is 0 Å². The molecule has 18 heavy (non-hydrogen) atoms.